The Morgan fingerprint density at radius 1 is 1.13 bits per heavy atom. The van der Waals surface area contributed by atoms with Crippen LogP contribution < -0.4 is 0 Å². The number of cyclic esters (lactones) is 1. The van der Waals surface area contributed by atoms with Gasteiger partial charge < -0.3 is 14.2 Å². The van der Waals surface area contributed by atoms with Gasteiger partial charge in [0.05, 0.1) is 14.2 Å². The zero-order valence-corrected chi connectivity index (χ0v) is 12.4. The van der Waals surface area contributed by atoms with Crippen molar-refractivity contribution in [3.63, 3.8) is 0 Å². The van der Waals surface area contributed by atoms with Crippen molar-refractivity contribution in [2.75, 3.05) is 14.2 Å². The van der Waals surface area contributed by atoms with Crippen LogP contribution in [0.5, 0.6) is 0 Å². The van der Waals surface area contributed by atoms with Crippen LogP contribution in [0.1, 0.15) is 5.56 Å². The third kappa shape index (κ3) is 2.94. The smallest absolute Gasteiger partial charge is 0.349 e. The van der Waals surface area contributed by atoms with Crippen LogP contribution in [0.4, 0.5) is 0 Å². The lowest BCUT2D eigenvalue weighted by Crippen LogP contribution is -2.40. The van der Waals surface area contributed by atoms with E-state index in [1.165, 1.54) is 0 Å². The first-order chi connectivity index (χ1) is 11.0. The Bertz CT molecular complexity index is 663. The van der Waals surface area contributed by atoms with Gasteiger partial charge in [-0.25, -0.2) is 19.6 Å². The van der Waals surface area contributed by atoms with Gasteiger partial charge in [0.2, 0.25) is 0 Å². The number of benzene rings is 1. The van der Waals surface area contributed by atoms with Crippen LogP contribution in [0, 0.1) is 0 Å². The van der Waals surface area contributed by atoms with Crippen molar-refractivity contribution in [2.45, 2.75) is 12.2 Å². The Hall–Kier alpha value is -2.71. The summed E-state index contributed by atoms with van der Waals surface area (Å²) in [5.74, 6) is -5.49. The Labute approximate surface area is 131 Å². The van der Waals surface area contributed by atoms with Gasteiger partial charge in [0, 0.05) is 6.42 Å². The zero-order chi connectivity index (χ0) is 17.0. The number of esters is 3. The largest absolute Gasteiger partial charge is 0.465 e. The molecule has 1 heterocycles. The Morgan fingerprint density at radius 2 is 1.74 bits per heavy atom. The monoisotopic (exact) mass is 322 g/mol. The van der Waals surface area contributed by atoms with Gasteiger partial charge in [-0.1, -0.05) is 30.3 Å². The molecule has 0 saturated heterocycles. The summed E-state index contributed by atoms with van der Waals surface area (Å²) in [5.41, 5.74) is -0.644. The predicted octanol–water partition coefficient (Wildman–Crippen LogP) is 0.614. The van der Waals surface area contributed by atoms with Crippen molar-refractivity contribution in [1.82, 2.24) is 0 Å². The van der Waals surface area contributed by atoms with E-state index < -0.39 is 34.8 Å². The first-order valence-electron chi connectivity index (χ1n) is 6.50. The van der Waals surface area contributed by atoms with E-state index in [2.05, 4.69) is 14.4 Å². The molecular formula is C15H14O8. The van der Waals surface area contributed by atoms with Gasteiger partial charge in [-0.3, -0.25) is 0 Å². The van der Waals surface area contributed by atoms with E-state index in [0.29, 0.717) is 5.56 Å². The molecule has 0 saturated carbocycles. The van der Waals surface area contributed by atoms with Gasteiger partial charge in [-0.05, 0) is 5.56 Å². The van der Waals surface area contributed by atoms with Crippen molar-refractivity contribution in [3.8, 4) is 0 Å². The molecule has 1 aromatic carbocycles. The van der Waals surface area contributed by atoms with Gasteiger partial charge >= 0.3 is 17.9 Å². The minimum absolute atomic E-state index is 0.207. The van der Waals surface area contributed by atoms with Crippen LogP contribution in [0.25, 0.3) is 0 Å². The first-order valence-corrected chi connectivity index (χ1v) is 6.50. The molecule has 0 fully saturated rings. The van der Waals surface area contributed by atoms with E-state index >= 15 is 0 Å². The summed E-state index contributed by atoms with van der Waals surface area (Å²) in [4.78, 5) is 40.1. The lowest BCUT2D eigenvalue weighted by Gasteiger charge is -2.25. The summed E-state index contributed by atoms with van der Waals surface area (Å²) in [6.45, 7) is 0. The van der Waals surface area contributed by atoms with Crippen LogP contribution in [0.3, 0.4) is 0 Å². The number of rotatable bonds is 5. The minimum atomic E-state index is -2.19. The fraction of sp³-hybridized carbons (Fsp3) is 0.267. The predicted molar refractivity (Wildman–Crippen MR) is 73.7 cm³/mol. The summed E-state index contributed by atoms with van der Waals surface area (Å²) in [5, 5.41) is 9.31. The molecule has 1 aliphatic rings. The van der Waals surface area contributed by atoms with Crippen LogP contribution >= 0.6 is 0 Å². The van der Waals surface area contributed by atoms with Gasteiger partial charge in [0.1, 0.15) is 5.57 Å². The van der Waals surface area contributed by atoms with Gasteiger partial charge in [-0.2, -0.15) is 4.89 Å². The van der Waals surface area contributed by atoms with Gasteiger partial charge in [0.15, 0.2) is 5.57 Å². The standard InChI is InChI=1S/C15H14O8/c1-20-12(16)10-11(14(18)21-2)15(23-19,22-13(10)17)8-9-6-4-3-5-7-9/h3-7,19H,8H2,1-2H3/t15-/m1/s1. The molecule has 0 aromatic heterocycles. The van der Waals surface area contributed by atoms with Crippen molar-refractivity contribution in [3.05, 3.63) is 47.0 Å². The third-order valence-corrected chi connectivity index (χ3v) is 3.30. The topological polar surface area (TPSA) is 108 Å². The highest BCUT2D eigenvalue weighted by atomic mass is 17.1. The van der Waals surface area contributed by atoms with Gasteiger partial charge in [-0.15, -0.1) is 0 Å². The highest BCUT2D eigenvalue weighted by molar-refractivity contribution is 6.21. The van der Waals surface area contributed by atoms with Crippen molar-refractivity contribution in [2.24, 2.45) is 0 Å². The summed E-state index contributed by atoms with van der Waals surface area (Å²) in [6, 6.07) is 8.51. The molecule has 1 aromatic rings. The lowest BCUT2D eigenvalue weighted by molar-refractivity contribution is -0.372. The lowest BCUT2D eigenvalue weighted by atomic mass is 9.95. The number of methoxy groups -OCH3 is 2. The maximum absolute atomic E-state index is 12.0. The average molecular weight is 322 g/mol. The molecule has 0 bridgehead atoms. The Morgan fingerprint density at radius 3 is 2.26 bits per heavy atom. The van der Waals surface area contributed by atoms with Crippen LogP contribution in [-0.4, -0.2) is 43.2 Å². The summed E-state index contributed by atoms with van der Waals surface area (Å²) < 4.78 is 14.0. The van der Waals surface area contributed by atoms with E-state index in [-0.39, 0.29) is 6.42 Å². The second-order valence-electron chi connectivity index (χ2n) is 4.63. The second-order valence-corrected chi connectivity index (χ2v) is 4.63. The van der Waals surface area contributed by atoms with E-state index in [9.17, 15) is 19.6 Å². The molecule has 0 amide bonds. The second kappa shape index (κ2) is 6.59. The maximum Gasteiger partial charge on any atom is 0.349 e. The van der Waals surface area contributed by atoms with E-state index in [0.717, 1.165) is 14.2 Å². The SMILES string of the molecule is COC(=O)C1=C(C(=O)OC)[C@@](Cc2ccccc2)(OO)OC1=O. The Kier molecular flexibility index (Phi) is 4.77. The Balaban J connectivity index is 2.57. The quantitative estimate of drug-likeness (QED) is 0.276. The molecular weight excluding hydrogens is 308 g/mol. The molecule has 1 aliphatic heterocycles. The van der Waals surface area contributed by atoms with Crippen molar-refractivity contribution >= 4 is 17.9 Å². The summed E-state index contributed by atoms with van der Waals surface area (Å²) in [6.07, 6.45) is -0.207. The zero-order valence-electron chi connectivity index (χ0n) is 12.4. The number of hydrogen-bond donors (Lipinski definition) is 1. The number of carbonyl (C=O) groups excluding carboxylic acids is 3. The molecule has 122 valence electrons. The third-order valence-electron chi connectivity index (χ3n) is 3.30. The number of ether oxygens (including phenoxy) is 3. The average Bonchev–Trinajstić information content (AvgIpc) is 2.87. The molecule has 23 heavy (non-hydrogen) atoms. The van der Waals surface area contributed by atoms with Crippen molar-refractivity contribution < 1.29 is 38.7 Å². The maximum atomic E-state index is 12.0. The number of carbonyl (C=O) groups is 3. The highest BCUT2D eigenvalue weighted by Gasteiger charge is 2.56. The molecule has 1 N–H and O–H groups in total. The first kappa shape index (κ1) is 16.7. The molecule has 0 radical (unpaired) electrons. The number of hydrogen-bond acceptors (Lipinski definition) is 8. The van der Waals surface area contributed by atoms with E-state index in [4.69, 9.17) is 4.74 Å². The van der Waals surface area contributed by atoms with E-state index in [1.807, 2.05) is 0 Å². The van der Waals surface area contributed by atoms with Crippen LogP contribution in [0.2, 0.25) is 0 Å². The fourth-order valence-corrected chi connectivity index (χ4v) is 2.28. The minimum Gasteiger partial charge on any atom is -0.465 e. The molecule has 1 atom stereocenters. The molecule has 0 aliphatic carbocycles. The fourth-order valence-electron chi connectivity index (χ4n) is 2.28. The molecule has 8 heteroatoms. The molecule has 0 spiro atoms. The summed E-state index contributed by atoms with van der Waals surface area (Å²) >= 11 is 0. The normalized spacial score (nSPS) is 20.2. The van der Waals surface area contributed by atoms with Crippen LogP contribution in [0.15, 0.2) is 41.5 Å². The molecule has 0 unspecified atom stereocenters. The van der Waals surface area contributed by atoms with Crippen molar-refractivity contribution in [1.29, 1.82) is 0 Å². The van der Waals surface area contributed by atoms with E-state index in [1.54, 1.807) is 30.3 Å². The molecule has 2 rings (SSSR count). The van der Waals surface area contributed by atoms with Gasteiger partial charge in [0.25, 0.3) is 5.79 Å². The summed E-state index contributed by atoms with van der Waals surface area (Å²) in [7, 11) is 2.09. The highest BCUT2D eigenvalue weighted by Crippen LogP contribution is 2.37. The molecule has 8 nitrogen and oxygen atoms in total. The van der Waals surface area contributed by atoms with Crippen LogP contribution in [-0.2, 0) is 39.9 Å².